The largest absolute Gasteiger partial charge is 0.371 e. The number of nitriles is 2. The van der Waals surface area contributed by atoms with E-state index < -0.39 is 0 Å². The van der Waals surface area contributed by atoms with Crippen LogP contribution in [0.3, 0.4) is 0 Å². The van der Waals surface area contributed by atoms with Crippen molar-refractivity contribution in [3.8, 4) is 12.1 Å². The van der Waals surface area contributed by atoms with Gasteiger partial charge in [0.1, 0.15) is 0 Å². The van der Waals surface area contributed by atoms with Gasteiger partial charge in [0, 0.05) is 18.8 Å². The van der Waals surface area contributed by atoms with Crippen LogP contribution in [0.4, 0.5) is 5.69 Å². The fourth-order valence-electron chi connectivity index (χ4n) is 4.62. The first kappa shape index (κ1) is 19.3. The smallest absolute Gasteiger partial charge is 0.0997 e. The maximum atomic E-state index is 9.42. The van der Waals surface area contributed by atoms with E-state index in [1.54, 1.807) is 18.2 Å². The van der Waals surface area contributed by atoms with Gasteiger partial charge in [-0.3, -0.25) is 0 Å². The monoisotopic (exact) mass is 381 g/mol. The Morgan fingerprint density at radius 1 is 0.862 bits per heavy atom. The first-order valence-corrected chi connectivity index (χ1v) is 10.3. The van der Waals surface area contributed by atoms with E-state index in [-0.39, 0.29) is 10.8 Å². The Hall–Kier alpha value is -3.04. The van der Waals surface area contributed by atoms with E-state index in [4.69, 9.17) is 0 Å². The van der Waals surface area contributed by atoms with Crippen LogP contribution in [0.1, 0.15) is 73.9 Å². The predicted molar refractivity (Wildman–Crippen MR) is 119 cm³/mol. The number of hydrogen-bond donors (Lipinski definition) is 0. The van der Waals surface area contributed by atoms with Gasteiger partial charge in [0.15, 0.2) is 0 Å². The maximum absolute atomic E-state index is 9.42. The van der Waals surface area contributed by atoms with Crippen LogP contribution in [-0.2, 0) is 10.8 Å². The summed E-state index contributed by atoms with van der Waals surface area (Å²) in [5.74, 6) is 0. The van der Waals surface area contributed by atoms with Crippen LogP contribution >= 0.6 is 0 Å². The maximum Gasteiger partial charge on any atom is 0.0997 e. The summed E-state index contributed by atoms with van der Waals surface area (Å²) >= 11 is 0. The first-order valence-electron chi connectivity index (χ1n) is 10.3. The summed E-state index contributed by atoms with van der Waals surface area (Å²) in [5.41, 5.74) is 7.72. The predicted octanol–water partition coefficient (Wildman–Crippen LogP) is 5.77. The molecule has 3 heteroatoms. The van der Waals surface area contributed by atoms with Crippen LogP contribution < -0.4 is 4.90 Å². The molecule has 29 heavy (non-hydrogen) atoms. The molecule has 0 aromatic heterocycles. The Bertz CT molecular complexity index is 1050. The summed E-state index contributed by atoms with van der Waals surface area (Å²) in [7, 11) is 0. The van der Waals surface area contributed by atoms with Crippen molar-refractivity contribution in [1.29, 1.82) is 10.5 Å². The molecule has 0 aliphatic carbocycles. The second kappa shape index (κ2) is 6.78. The quantitative estimate of drug-likeness (QED) is 0.621. The van der Waals surface area contributed by atoms with Gasteiger partial charge in [0.2, 0.25) is 0 Å². The third-order valence-electron chi connectivity index (χ3n) is 6.68. The highest BCUT2D eigenvalue weighted by molar-refractivity contribution is 5.77. The van der Waals surface area contributed by atoms with Gasteiger partial charge in [-0.15, -0.1) is 0 Å². The number of hydrogen-bond acceptors (Lipinski definition) is 3. The van der Waals surface area contributed by atoms with Crippen LogP contribution in [0.15, 0.2) is 30.3 Å². The molecule has 2 heterocycles. The van der Waals surface area contributed by atoms with Crippen molar-refractivity contribution in [2.24, 2.45) is 0 Å². The molecule has 0 fully saturated rings. The Morgan fingerprint density at radius 3 is 2.03 bits per heavy atom. The van der Waals surface area contributed by atoms with Crippen LogP contribution in [0.5, 0.6) is 0 Å². The zero-order chi connectivity index (χ0) is 20.8. The van der Waals surface area contributed by atoms with Crippen molar-refractivity contribution in [1.82, 2.24) is 0 Å². The van der Waals surface area contributed by atoms with Gasteiger partial charge in [0.25, 0.3) is 0 Å². The molecule has 0 saturated carbocycles. The van der Waals surface area contributed by atoms with Crippen LogP contribution in [-0.4, -0.2) is 13.1 Å². The lowest BCUT2D eigenvalue weighted by atomic mass is 9.69. The average Bonchev–Trinajstić information content (AvgIpc) is 2.70. The van der Waals surface area contributed by atoms with E-state index in [1.807, 2.05) is 6.08 Å². The van der Waals surface area contributed by atoms with E-state index in [9.17, 15) is 10.5 Å². The molecule has 3 nitrogen and oxygen atoms in total. The summed E-state index contributed by atoms with van der Waals surface area (Å²) in [5, 5.41) is 18.6. The first-order chi connectivity index (χ1) is 13.7. The van der Waals surface area contributed by atoms with Gasteiger partial charge in [0.05, 0.1) is 23.3 Å². The molecular weight excluding hydrogens is 354 g/mol. The fourth-order valence-corrected chi connectivity index (χ4v) is 4.62. The van der Waals surface area contributed by atoms with Crippen molar-refractivity contribution < 1.29 is 0 Å². The van der Waals surface area contributed by atoms with Crippen molar-refractivity contribution in [3.05, 3.63) is 63.7 Å². The summed E-state index contributed by atoms with van der Waals surface area (Å²) in [6.45, 7) is 11.6. The van der Waals surface area contributed by atoms with E-state index in [1.165, 1.54) is 16.8 Å². The van der Waals surface area contributed by atoms with Gasteiger partial charge < -0.3 is 4.90 Å². The molecule has 0 radical (unpaired) electrons. The molecule has 2 aliphatic rings. The number of rotatable bonds is 2. The normalized spacial score (nSPS) is 18.8. The highest BCUT2D eigenvalue weighted by Gasteiger charge is 2.39. The van der Waals surface area contributed by atoms with Gasteiger partial charge in [-0.1, -0.05) is 39.8 Å². The lowest BCUT2D eigenvalue weighted by Crippen LogP contribution is -2.44. The molecule has 0 atom stereocenters. The second-order valence-electron chi connectivity index (χ2n) is 9.58. The third kappa shape index (κ3) is 3.32. The summed E-state index contributed by atoms with van der Waals surface area (Å²) < 4.78 is 0. The molecule has 0 saturated heterocycles. The fraction of sp³-hybridized carbons (Fsp3) is 0.385. The Balaban J connectivity index is 1.84. The van der Waals surface area contributed by atoms with Crippen LogP contribution in [0.2, 0.25) is 0 Å². The number of nitrogens with zero attached hydrogens (tertiary/aromatic N) is 3. The molecule has 2 aliphatic heterocycles. The van der Waals surface area contributed by atoms with E-state index >= 15 is 0 Å². The van der Waals surface area contributed by atoms with Crippen LogP contribution in [0, 0.1) is 22.7 Å². The standard InChI is InChI=1S/C26H27N3/c1-25(2)9-11-29-12-10-26(3,4)23-15-18(14-22(25)24(23)29)5-7-20-13-19(16-27)6-8-21(20)17-28/h5-8,13-15H,9-12H2,1-4H3. The van der Waals surface area contributed by atoms with Gasteiger partial charge >= 0.3 is 0 Å². The SMILES string of the molecule is CC1(C)CCN2CCC(C)(C)c3cc(C=Cc4cc(C#N)ccc4C#N)cc1c32. The third-order valence-corrected chi connectivity index (χ3v) is 6.68. The number of benzene rings is 2. The minimum atomic E-state index is 0.149. The van der Waals surface area contributed by atoms with Gasteiger partial charge in [-0.2, -0.15) is 10.5 Å². The molecule has 0 bridgehead atoms. The van der Waals surface area contributed by atoms with Crippen LogP contribution in [0.25, 0.3) is 12.2 Å². The van der Waals surface area contributed by atoms with E-state index in [0.29, 0.717) is 11.1 Å². The van der Waals surface area contributed by atoms with Crippen molar-refractivity contribution in [3.63, 3.8) is 0 Å². The highest BCUT2D eigenvalue weighted by atomic mass is 15.2. The van der Waals surface area contributed by atoms with Gasteiger partial charge in [-0.25, -0.2) is 0 Å². The van der Waals surface area contributed by atoms with Crippen molar-refractivity contribution in [2.45, 2.75) is 51.4 Å². The van der Waals surface area contributed by atoms with E-state index in [2.05, 4.69) is 62.9 Å². The minimum absolute atomic E-state index is 0.149. The summed E-state index contributed by atoms with van der Waals surface area (Å²) in [6.07, 6.45) is 6.39. The summed E-state index contributed by atoms with van der Waals surface area (Å²) in [6, 6.07) is 14.2. The molecule has 0 N–H and O–H groups in total. The Labute approximate surface area is 173 Å². The second-order valence-corrected chi connectivity index (χ2v) is 9.58. The molecule has 0 spiro atoms. The molecule has 0 amide bonds. The molecular formula is C26H27N3. The zero-order valence-corrected chi connectivity index (χ0v) is 17.7. The Kier molecular flexibility index (Phi) is 4.51. The lowest BCUT2D eigenvalue weighted by Gasteiger charge is -2.48. The summed E-state index contributed by atoms with van der Waals surface area (Å²) in [4.78, 5) is 2.57. The topological polar surface area (TPSA) is 50.8 Å². The van der Waals surface area contributed by atoms with Crippen molar-refractivity contribution >= 4 is 17.8 Å². The lowest BCUT2D eigenvalue weighted by molar-refractivity contribution is 0.401. The average molecular weight is 382 g/mol. The molecule has 146 valence electrons. The highest BCUT2D eigenvalue weighted by Crippen LogP contribution is 2.49. The Morgan fingerprint density at radius 2 is 1.48 bits per heavy atom. The molecule has 2 aromatic carbocycles. The van der Waals surface area contributed by atoms with E-state index in [0.717, 1.165) is 37.1 Å². The van der Waals surface area contributed by atoms with Gasteiger partial charge in [-0.05, 0) is 76.3 Å². The zero-order valence-electron chi connectivity index (χ0n) is 17.7. The molecule has 2 aromatic rings. The molecule has 0 unspecified atom stereocenters. The minimum Gasteiger partial charge on any atom is -0.371 e. The van der Waals surface area contributed by atoms with Crippen molar-refractivity contribution in [2.75, 3.05) is 18.0 Å². The molecule has 4 rings (SSSR count). The number of anilines is 1.